The zero-order valence-corrected chi connectivity index (χ0v) is 28.2. The van der Waals surface area contributed by atoms with Crippen LogP contribution in [0.5, 0.6) is 11.5 Å². The van der Waals surface area contributed by atoms with Gasteiger partial charge in [0.2, 0.25) is 0 Å². The van der Waals surface area contributed by atoms with Crippen molar-refractivity contribution in [3.05, 3.63) is 93.5 Å². The van der Waals surface area contributed by atoms with Crippen LogP contribution < -0.4 is 10.6 Å². The molecule has 0 spiro atoms. The number of aliphatic hydroxyl groups is 4. The largest absolute Gasteiger partial charge is 0.507 e. The molecule has 0 saturated carbocycles. The van der Waals surface area contributed by atoms with Crippen LogP contribution in [0.2, 0.25) is 0 Å². The van der Waals surface area contributed by atoms with Gasteiger partial charge in [-0.2, -0.15) is 0 Å². The Morgan fingerprint density at radius 3 is 1.49 bits per heavy atom. The van der Waals surface area contributed by atoms with E-state index in [0.717, 1.165) is 37.2 Å². The van der Waals surface area contributed by atoms with Gasteiger partial charge in [-0.1, -0.05) is 42.5 Å². The molecule has 0 aliphatic carbocycles. The molecule has 2 atom stereocenters. The number of aliphatic hydroxyl groups excluding tert-OH is 4. The number of phenols is 2. The number of amides is 2. The fourth-order valence-corrected chi connectivity index (χ4v) is 6.06. The summed E-state index contributed by atoms with van der Waals surface area (Å²) in [5.74, 6) is -1.76. The lowest BCUT2D eigenvalue weighted by molar-refractivity contribution is 0.0540. The lowest BCUT2D eigenvalue weighted by atomic mass is 10.0. The zero-order valence-electron chi connectivity index (χ0n) is 28.2. The number of hydrogen-bond donors (Lipinski definition) is 8. The summed E-state index contributed by atoms with van der Waals surface area (Å²) in [5.41, 5.74) is 3.85. The molecule has 2 amide bonds. The Kier molecular flexibility index (Phi) is 13.9. The van der Waals surface area contributed by atoms with Crippen molar-refractivity contribution in [3.8, 4) is 11.5 Å². The molecule has 1 fully saturated rings. The van der Waals surface area contributed by atoms with E-state index in [9.17, 15) is 30.0 Å². The average molecular weight is 680 g/mol. The second-order valence-electron chi connectivity index (χ2n) is 12.7. The van der Waals surface area contributed by atoms with Crippen LogP contribution in [0.3, 0.4) is 0 Å². The van der Waals surface area contributed by atoms with Crippen molar-refractivity contribution in [1.29, 1.82) is 0 Å². The SMILES string of the molecule is Cc1cc(CN2CCCN(Cc3ccccc3)CCN(Cc3cc(C)cc(C(=O)NC(O)CO)c3O)CC2)c(O)c(C(=O)NC(O)CO)c1. The predicted molar refractivity (Wildman–Crippen MR) is 184 cm³/mol. The minimum atomic E-state index is -1.45. The molecule has 1 aliphatic rings. The summed E-state index contributed by atoms with van der Waals surface area (Å²) in [6.07, 6.45) is -2.04. The highest BCUT2D eigenvalue weighted by Crippen LogP contribution is 2.28. The summed E-state index contributed by atoms with van der Waals surface area (Å²) >= 11 is 0. The lowest BCUT2D eigenvalue weighted by Gasteiger charge is -2.33. The van der Waals surface area contributed by atoms with Crippen LogP contribution in [0.1, 0.15) is 55.0 Å². The van der Waals surface area contributed by atoms with Crippen molar-refractivity contribution < 1.29 is 40.2 Å². The first kappa shape index (κ1) is 37.7. The molecule has 1 saturated heterocycles. The highest BCUT2D eigenvalue weighted by Gasteiger charge is 2.23. The molecule has 1 aliphatic heterocycles. The van der Waals surface area contributed by atoms with Crippen LogP contribution in [0, 0.1) is 13.8 Å². The normalized spacial score (nSPS) is 16.5. The number of nitrogens with one attached hydrogen (secondary N) is 2. The van der Waals surface area contributed by atoms with Crippen molar-refractivity contribution in [2.75, 3.05) is 52.5 Å². The van der Waals surface area contributed by atoms with Crippen LogP contribution in [0.25, 0.3) is 0 Å². The van der Waals surface area contributed by atoms with Crippen LogP contribution in [-0.2, 0) is 19.6 Å². The van der Waals surface area contributed by atoms with Crippen molar-refractivity contribution in [3.63, 3.8) is 0 Å². The Balaban J connectivity index is 1.59. The fraction of sp³-hybridized carbons (Fsp3) is 0.444. The Morgan fingerprint density at radius 2 is 1.06 bits per heavy atom. The van der Waals surface area contributed by atoms with Crippen molar-refractivity contribution in [1.82, 2.24) is 25.3 Å². The molecular formula is C36H49N5O8. The molecular weight excluding hydrogens is 630 g/mol. The molecule has 13 heteroatoms. The fourth-order valence-electron chi connectivity index (χ4n) is 6.06. The van der Waals surface area contributed by atoms with Gasteiger partial charge in [-0.25, -0.2) is 0 Å². The van der Waals surface area contributed by atoms with E-state index in [0.29, 0.717) is 50.4 Å². The molecule has 3 aromatic rings. The van der Waals surface area contributed by atoms with Crippen molar-refractivity contribution in [2.24, 2.45) is 0 Å². The highest BCUT2D eigenvalue weighted by molar-refractivity contribution is 5.98. The number of carbonyl (C=O) groups excluding carboxylic acids is 2. The monoisotopic (exact) mass is 679 g/mol. The predicted octanol–water partition coefficient (Wildman–Crippen LogP) is 1.01. The number of nitrogens with zero attached hydrogens (tertiary/aromatic N) is 3. The van der Waals surface area contributed by atoms with Gasteiger partial charge in [0.15, 0.2) is 0 Å². The Hall–Kier alpha value is -4.08. The summed E-state index contributed by atoms with van der Waals surface area (Å²) in [4.78, 5) is 32.4. The van der Waals surface area contributed by atoms with Gasteiger partial charge in [0, 0.05) is 56.9 Å². The molecule has 0 radical (unpaired) electrons. The maximum atomic E-state index is 12.8. The Labute approximate surface area is 287 Å². The van der Waals surface area contributed by atoms with E-state index in [1.807, 2.05) is 44.2 Å². The molecule has 3 aromatic carbocycles. The maximum Gasteiger partial charge on any atom is 0.257 e. The summed E-state index contributed by atoms with van der Waals surface area (Å²) < 4.78 is 0. The molecule has 0 bridgehead atoms. The maximum absolute atomic E-state index is 12.8. The summed E-state index contributed by atoms with van der Waals surface area (Å²) in [6, 6.07) is 17.0. The molecule has 2 unspecified atom stereocenters. The van der Waals surface area contributed by atoms with E-state index in [1.165, 1.54) is 17.7 Å². The first-order chi connectivity index (χ1) is 23.5. The standard InChI is InChI=1S/C36H49N5O8/c1-24-15-27(33(46)29(17-24)35(48)37-31(44)22-42)20-40-10-6-9-39(19-26-7-4-3-5-8-26)11-13-41(14-12-40)21-28-16-25(2)18-30(34(28)47)36(49)38-32(45)23-43/h3-5,7-8,15-18,31-32,42-47H,6,9-14,19-23H2,1-2H3,(H,37,48)(H,38,49). The van der Waals surface area contributed by atoms with E-state index in [4.69, 9.17) is 10.2 Å². The Bertz CT molecular complexity index is 1560. The first-order valence-corrected chi connectivity index (χ1v) is 16.5. The average Bonchev–Trinajstić information content (AvgIpc) is 3.08. The first-order valence-electron chi connectivity index (χ1n) is 16.5. The van der Waals surface area contributed by atoms with Gasteiger partial charge in [-0.05, 0) is 62.2 Å². The summed E-state index contributed by atoms with van der Waals surface area (Å²) in [7, 11) is 0. The van der Waals surface area contributed by atoms with E-state index < -0.39 is 37.5 Å². The summed E-state index contributed by atoms with van der Waals surface area (Å²) in [6.45, 7) is 7.98. The van der Waals surface area contributed by atoms with E-state index in [1.54, 1.807) is 0 Å². The van der Waals surface area contributed by atoms with Gasteiger partial charge < -0.3 is 41.3 Å². The van der Waals surface area contributed by atoms with Gasteiger partial charge in [0.1, 0.15) is 24.0 Å². The lowest BCUT2D eigenvalue weighted by Crippen LogP contribution is -2.42. The molecule has 266 valence electrons. The second-order valence-corrected chi connectivity index (χ2v) is 12.7. The number of aryl methyl sites for hydroxylation is 2. The van der Waals surface area contributed by atoms with Crippen molar-refractivity contribution in [2.45, 2.75) is 52.4 Å². The minimum Gasteiger partial charge on any atom is -0.507 e. The molecule has 4 rings (SSSR count). The number of rotatable bonds is 12. The van der Waals surface area contributed by atoms with Crippen LogP contribution >= 0.6 is 0 Å². The van der Waals surface area contributed by atoms with Gasteiger partial charge in [0.25, 0.3) is 11.8 Å². The van der Waals surface area contributed by atoms with E-state index in [2.05, 4.69) is 37.5 Å². The van der Waals surface area contributed by atoms with E-state index in [-0.39, 0.29) is 22.6 Å². The van der Waals surface area contributed by atoms with Crippen molar-refractivity contribution >= 4 is 11.8 Å². The number of carbonyl (C=O) groups is 2. The van der Waals surface area contributed by atoms with Crippen LogP contribution in [0.15, 0.2) is 54.6 Å². The van der Waals surface area contributed by atoms with Crippen LogP contribution in [-0.4, -0.2) is 122 Å². The third-order valence-electron chi connectivity index (χ3n) is 8.55. The number of benzene rings is 3. The smallest absolute Gasteiger partial charge is 0.257 e. The highest BCUT2D eigenvalue weighted by atomic mass is 16.3. The second kappa shape index (κ2) is 18.1. The van der Waals surface area contributed by atoms with Crippen LogP contribution in [0.4, 0.5) is 0 Å². The van der Waals surface area contributed by atoms with E-state index >= 15 is 0 Å². The van der Waals surface area contributed by atoms with Gasteiger partial charge in [-0.3, -0.25) is 24.3 Å². The molecule has 13 nitrogen and oxygen atoms in total. The van der Waals surface area contributed by atoms with Gasteiger partial charge in [-0.15, -0.1) is 0 Å². The molecule has 8 N–H and O–H groups in total. The number of aromatic hydroxyl groups is 2. The third-order valence-corrected chi connectivity index (χ3v) is 8.55. The zero-order chi connectivity index (χ0) is 35.5. The molecule has 49 heavy (non-hydrogen) atoms. The Morgan fingerprint density at radius 1 is 0.653 bits per heavy atom. The topological polar surface area (TPSA) is 189 Å². The van der Waals surface area contributed by atoms with Gasteiger partial charge in [0.05, 0.1) is 24.3 Å². The summed E-state index contributed by atoms with van der Waals surface area (Å²) in [5, 5.41) is 64.6. The third kappa shape index (κ3) is 11.0. The number of hydrogen-bond acceptors (Lipinski definition) is 11. The molecule has 0 aromatic heterocycles. The molecule has 1 heterocycles. The quantitative estimate of drug-likeness (QED) is 0.128. The number of phenolic OH excluding ortho intramolecular Hbond substituents is 2. The minimum absolute atomic E-state index is 0.0113. The van der Waals surface area contributed by atoms with Gasteiger partial charge >= 0.3 is 0 Å².